The molecule has 2 N–H and O–H groups in total. The van der Waals surface area contributed by atoms with Crippen LogP contribution in [0, 0.1) is 19.8 Å². The third-order valence-corrected chi connectivity index (χ3v) is 4.26. The van der Waals surface area contributed by atoms with E-state index < -0.39 is 11.8 Å². The van der Waals surface area contributed by atoms with Gasteiger partial charge in [-0.05, 0) is 44.2 Å². The summed E-state index contributed by atoms with van der Waals surface area (Å²) in [6.45, 7) is 6.05. The normalized spacial score (nSPS) is 21.7. The molecule has 1 aliphatic rings. The van der Waals surface area contributed by atoms with Crippen molar-refractivity contribution in [2.75, 3.05) is 5.32 Å². The third kappa shape index (κ3) is 4.06. The van der Waals surface area contributed by atoms with Gasteiger partial charge in [0.15, 0.2) is 0 Å². The van der Waals surface area contributed by atoms with E-state index in [4.69, 9.17) is 0 Å². The average Bonchev–Trinajstić information content (AvgIpc) is 2.44. The van der Waals surface area contributed by atoms with Crippen molar-refractivity contribution in [2.45, 2.75) is 52.5 Å². The molecule has 21 heavy (non-hydrogen) atoms. The Morgan fingerprint density at radius 2 is 1.81 bits per heavy atom. The second kappa shape index (κ2) is 6.74. The molecular formula is C17H24N2O2. The van der Waals surface area contributed by atoms with Gasteiger partial charge < -0.3 is 10.6 Å². The van der Waals surface area contributed by atoms with Gasteiger partial charge in [-0.2, -0.15) is 0 Å². The molecule has 1 aromatic carbocycles. The van der Waals surface area contributed by atoms with E-state index in [-0.39, 0.29) is 6.04 Å². The molecule has 1 fully saturated rings. The molecule has 1 aliphatic carbocycles. The second-order valence-corrected chi connectivity index (χ2v) is 6.11. The lowest BCUT2D eigenvalue weighted by Crippen LogP contribution is -2.45. The highest BCUT2D eigenvalue weighted by Crippen LogP contribution is 2.23. The molecular weight excluding hydrogens is 264 g/mol. The summed E-state index contributed by atoms with van der Waals surface area (Å²) in [5, 5.41) is 5.56. The molecule has 2 atom stereocenters. The fraction of sp³-hybridized carbons (Fsp3) is 0.529. The summed E-state index contributed by atoms with van der Waals surface area (Å²) >= 11 is 0. The number of carbonyl (C=O) groups excluding carboxylic acids is 2. The van der Waals surface area contributed by atoms with Crippen molar-refractivity contribution >= 4 is 17.5 Å². The van der Waals surface area contributed by atoms with Gasteiger partial charge in [-0.3, -0.25) is 9.59 Å². The van der Waals surface area contributed by atoms with Crippen LogP contribution in [0.3, 0.4) is 0 Å². The van der Waals surface area contributed by atoms with Crippen LogP contribution in [-0.2, 0) is 9.59 Å². The topological polar surface area (TPSA) is 58.2 Å². The average molecular weight is 288 g/mol. The van der Waals surface area contributed by atoms with Crippen molar-refractivity contribution in [2.24, 2.45) is 5.92 Å². The maximum Gasteiger partial charge on any atom is 0.313 e. The summed E-state index contributed by atoms with van der Waals surface area (Å²) in [4.78, 5) is 24.0. The Balaban J connectivity index is 1.94. The Labute approximate surface area is 126 Å². The Hall–Kier alpha value is -1.84. The molecule has 2 amide bonds. The fourth-order valence-electron chi connectivity index (χ4n) is 2.90. The minimum Gasteiger partial charge on any atom is -0.345 e. The van der Waals surface area contributed by atoms with Crippen molar-refractivity contribution in [1.29, 1.82) is 0 Å². The smallest absolute Gasteiger partial charge is 0.313 e. The maximum atomic E-state index is 12.0. The maximum absolute atomic E-state index is 12.0. The number of anilines is 1. The van der Waals surface area contributed by atoms with Gasteiger partial charge in [0.2, 0.25) is 0 Å². The lowest BCUT2D eigenvalue weighted by Gasteiger charge is -2.29. The lowest BCUT2D eigenvalue weighted by atomic mass is 9.86. The van der Waals surface area contributed by atoms with Crippen LogP contribution in [0.2, 0.25) is 0 Å². The van der Waals surface area contributed by atoms with Crippen LogP contribution in [0.5, 0.6) is 0 Å². The standard InChI is InChI=1S/C17H24N2O2/c1-11-8-9-15(13(3)10-11)19-17(21)16(20)18-14-7-5-4-6-12(14)2/h8-10,12,14H,4-7H2,1-3H3,(H,18,20)(H,19,21)/t12-,14-/m1/s1. The molecule has 0 heterocycles. The zero-order valence-corrected chi connectivity index (χ0v) is 13.0. The van der Waals surface area contributed by atoms with Crippen LogP contribution in [0.1, 0.15) is 43.7 Å². The first-order valence-corrected chi connectivity index (χ1v) is 7.66. The second-order valence-electron chi connectivity index (χ2n) is 6.11. The number of hydrogen-bond donors (Lipinski definition) is 2. The molecule has 4 heteroatoms. The molecule has 0 spiro atoms. The van der Waals surface area contributed by atoms with Crippen LogP contribution < -0.4 is 10.6 Å². The van der Waals surface area contributed by atoms with E-state index in [1.54, 1.807) is 0 Å². The first-order chi connectivity index (χ1) is 9.97. The quantitative estimate of drug-likeness (QED) is 0.822. The summed E-state index contributed by atoms with van der Waals surface area (Å²) < 4.78 is 0. The fourth-order valence-corrected chi connectivity index (χ4v) is 2.90. The van der Waals surface area contributed by atoms with E-state index in [1.165, 1.54) is 6.42 Å². The highest BCUT2D eigenvalue weighted by Gasteiger charge is 2.25. The van der Waals surface area contributed by atoms with Gasteiger partial charge in [0.05, 0.1) is 0 Å². The monoisotopic (exact) mass is 288 g/mol. The molecule has 0 radical (unpaired) electrons. The van der Waals surface area contributed by atoms with Gasteiger partial charge in [-0.1, -0.05) is 37.5 Å². The number of rotatable bonds is 2. The SMILES string of the molecule is Cc1ccc(NC(=O)C(=O)N[C@@H]2CCCC[C@H]2C)c(C)c1. The van der Waals surface area contributed by atoms with E-state index in [1.807, 2.05) is 32.0 Å². The number of amides is 2. The van der Waals surface area contributed by atoms with Gasteiger partial charge in [-0.25, -0.2) is 0 Å². The summed E-state index contributed by atoms with van der Waals surface area (Å²) in [5.74, 6) is -0.676. The molecule has 0 unspecified atom stereocenters. The minimum atomic E-state index is -0.584. The summed E-state index contributed by atoms with van der Waals surface area (Å²) in [6.07, 6.45) is 4.41. The van der Waals surface area contributed by atoms with E-state index in [0.29, 0.717) is 11.6 Å². The van der Waals surface area contributed by atoms with Crippen LogP contribution in [-0.4, -0.2) is 17.9 Å². The van der Waals surface area contributed by atoms with Crippen LogP contribution in [0.25, 0.3) is 0 Å². The van der Waals surface area contributed by atoms with E-state index in [0.717, 1.165) is 30.4 Å². The first kappa shape index (κ1) is 15.5. The van der Waals surface area contributed by atoms with Gasteiger partial charge in [0.25, 0.3) is 0 Å². The van der Waals surface area contributed by atoms with E-state index in [2.05, 4.69) is 17.6 Å². The minimum absolute atomic E-state index is 0.121. The van der Waals surface area contributed by atoms with Crippen molar-refractivity contribution in [1.82, 2.24) is 5.32 Å². The van der Waals surface area contributed by atoms with E-state index >= 15 is 0 Å². The van der Waals surface area contributed by atoms with Crippen LogP contribution >= 0.6 is 0 Å². The lowest BCUT2D eigenvalue weighted by molar-refractivity contribution is -0.137. The third-order valence-electron chi connectivity index (χ3n) is 4.26. The van der Waals surface area contributed by atoms with Gasteiger partial charge in [0, 0.05) is 11.7 Å². The largest absolute Gasteiger partial charge is 0.345 e. The zero-order valence-electron chi connectivity index (χ0n) is 13.0. The van der Waals surface area contributed by atoms with Crippen LogP contribution in [0.15, 0.2) is 18.2 Å². The number of nitrogens with one attached hydrogen (secondary N) is 2. The Kier molecular flexibility index (Phi) is 4.99. The van der Waals surface area contributed by atoms with Crippen molar-refractivity contribution < 1.29 is 9.59 Å². The molecule has 1 saturated carbocycles. The molecule has 0 saturated heterocycles. The predicted molar refractivity (Wildman–Crippen MR) is 84.1 cm³/mol. The van der Waals surface area contributed by atoms with Crippen LogP contribution in [0.4, 0.5) is 5.69 Å². The number of carbonyl (C=O) groups is 2. The Morgan fingerprint density at radius 3 is 2.48 bits per heavy atom. The molecule has 0 bridgehead atoms. The zero-order chi connectivity index (χ0) is 15.4. The summed E-state index contributed by atoms with van der Waals surface area (Å²) in [7, 11) is 0. The number of benzene rings is 1. The van der Waals surface area contributed by atoms with Gasteiger partial charge in [-0.15, -0.1) is 0 Å². The summed E-state index contributed by atoms with van der Waals surface area (Å²) in [6, 6.07) is 5.86. The van der Waals surface area contributed by atoms with Crippen molar-refractivity contribution in [3.63, 3.8) is 0 Å². The predicted octanol–water partition coefficient (Wildman–Crippen LogP) is 2.94. The molecule has 1 aromatic rings. The molecule has 4 nitrogen and oxygen atoms in total. The first-order valence-electron chi connectivity index (χ1n) is 7.66. The molecule has 114 valence electrons. The molecule has 2 rings (SSSR count). The number of hydrogen-bond acceptors (Lipinski definition) is 2. The molecule has 0 aliphatic heterocycles. The Bertz CT molecular complexity index is 540. The van der Waals surface area contributed by atoms with Crippen molar-refractivity contribution in [3.8, 4) is 0 Å². The van der Waals surface area contributed by atoms with Gasteiger partial charge >= 0.3 is 11.8 Å². The highest BCUT2D eigenvalue weighted by atomic mass is 16.2. The van der Waals surface area contributed by atoms with Crippen molar-refractivity contribution in [3.05, 3.63) is 29.3 Å². The number of aryl methyl sites for hydroxylation is 2. The van der Waals surface area contributed by atoms with Gasteiger partial charge in [0.1, 0.15) is 0 Å². The summed E-state index contributed by atoms with van der Waals surface area (Å²) in [5.41, 5.74) is 2.78. The highest BCUT2D eigenvalue weighted by molar-refractivity contribution is 6.39. The Morgan fingerprint density at radius 1 is 1.10 bits per heavy atom. The molecule has 0 aromatic heterocycles. The van der Waals surface area contributed by atoms with E-state index in [9.17, 15) is 9.59 Å².